The molecule has 0 aliphatic rings. The Balaban J connectivity index is 2.72. The maximum atomic E-state index is 11.7. The van der Waals surface area contributed by atoms with E-state index in [2.05, 4.69) is 9.05 Å². The number of carboxylic acid groups (broad SMARTS) is 1. The fraction of sp³-hybridized carbons (Fsp3) is 0.364. The van der Waals surface area contributed by atoms with Crippen molar-refractivity contribution in [1.82, 2.24) is 0 Å². The van der Waals surface area contributed by atoms with Crippen LogP contribution in [0.5, 0.6) is 5.75 Å². The van der Waals surface area contributed by atoms with Crippen LogP contribution in [0.15, 0.2) is 24.3 Å². The molecule has 1 aromatic rings. The fourth-order valence-corrected chi connectivity index (χ4v) is 1.98. The monoisotopic (exact) mass is 289 g/mol. The molecule has 1 atom stereocenters. The van der Waals surface area contributed by atoms with Gasteiger partial charge in [0.1, 0.15) is 11.8 Å². The number of benzene rings is 1. The summed E-state index contributed by atoms with van der Waals surface area (Å²) < 4.78 is 26.0. The zero-order valence-electron chi connectivity index (χ0n) is 10.6. The first-order valence-electron chi connectivity index (χ1n) is 5.38. The van der Waals surface area contributed by atoms with Gasteiger partial charge < -0.3 is 15.4 Å². The minimum Gasteiger partial charge on any atom is -0.480 e. The summed E-state index contributed by atoms with van der Waals surface area (Å²) in [5.74, 6) is -0.775. The second-order valence-electron chi connectivity index (χ2n) is 3.70. The second-order valence-corrected chi connectivity index (χ2v) is 5.50. The van der Waals surface area contributed by atoms with Gasteiger partial charge in [-0.2, -0.15) is 0 Å². The molecular formula is C11H16NO6P. The Morgan fingerprint density at radius 2 is 1.84 bits per heavy atom. The molecule has 7 nitrogen and oxygen atoms in total. The summed E-state index contributed by atoms with van der Waals surface area (Å²) in [5, 5.41) is 8.69. The van der Waals surface area contributed by atoms with Crippen LogP contribution in [0.25, 0.3) is 0 Å². The van der Waals surface area contributed by atoms with Crippen molar-refractivity contribution in [3.63, 3.8) is 0 Å². The average Bonchev–Trinajstić information content (AvgIpc) is 2.40. The first kappa shape index (κ1) is 15.7. The van der Waals surface area contributed by atoms with Gasteiger partial charge >= 0.3 is 13.8 Å². The lowest BCUT2D eigenvalue weighted by Crippen LogP contribution is -2.32. The number of hydrogen-bond donors (Lipinski definition) is 2. The highest BCUT2D eigenvalue weighted by atomic mass is 31.2. The first-order valence-corrected chi connectivity index (χ1v) is 6.84. The summed E-state index contributed by atoms with van der Waals surface area (Å²) in [6, 6.07) is 5.38. The summed E-state index contributed by atoms with van der Waals surface area (Å²) in [7, 11) is -1.15. The van der Waals surface area contributed by atoms with Gasteiger partial charge in [0.2, 0.25) is 0 Å². The SMILES string of the molecule is COP(=O)(OC)Oc1ccc(C[C@@H](N)C(=O)O)cc1. The topological polar surface area (TPSA) is 108 Å². The van der Waals surface area contributed by atoms with Crippen LogP contribution in [0, 0.1) is 0 Å². The van der Waals surface area contributed by atoms with Gasteiger partial charge in [0.15, 0.2) is 0 Å². The van der Waals surface area contributed by atoms with E-state index < -0.39 is 19.8 Å². The Morgan fingerprint density at radius 1 is 1.32 bits per heavy atom. The average molecular weight is 289 g/mol. The molecule has 0 amide bonds. The molecule has 0 aromatic heterocycles. The van der Waals surface area contributed by atoms with E-state index in [1.165, 1.54) is 26.4 Å². The zero-order valence-corrected chi connectivity index (χ0v) is 11.5. The number of hydrogen-bond acceptors (Lipinski definition) is 6. The van der Waals surface area contributed by atoms with Crippen LogP contribution in [0.1, 0.15) is 5.56 Å². The van der Waals surface area contributed by atoms with E-state index in [9.17, 15) is 9.36 Å². The van der Waals surface area contributed by atoms with Gasteiger partial charge in [0, 0.05) is 14.2 Å². The zero-order chi connectivity index (χ0) is 14.5. The van der Waals surface area contributed by atoms with Gasteiger partial charge in [0.25, 0.3) is 0 Å². The number of carboxylic acids is 1. The van der Waals surface area contributed by atoms with Gasteiger partial charge in [-0.05, 0) is 24.1 Å². The maximum absolute atomic E-state index is 11.7. The summed E-state index contributed by atoms with van der Waals surface area (Å²) in [6.07, 6.45) is 0.196. The van der Waals surface area contributed by atoms with Crippen molar-refractivity contribution < 1.29 is 28.0 Å². The lowest BCUT2D eigenvalue weighted by molar-refractivity contribution is -0.138. The molecule has 0 bridgehead atoms. The number of phosphoric ester groups is 1. The maximum Gasteiger partial charge on any atom is 0.529 e. The van der Waals surface area contributed by atoms with Crippen molar-refractivity contribution in [2.24, 2.45) is 5.73 Å². The predicted molar refractivity (Wildman–Crippen MR) is 68.0 cm³/mol. The highest BCUT2D eigenvalue weighted by Gasteiger charge is 2.24. The molecule has 0 aliphatic carbocycles. The summed E-state index contributed by atoms with van der Waals surface area (Å²) in [4.78, 5) is 10.6. The van der Waals surface area contributed by atoms with E-state index >= 15 is 0 Å². The highest BCUT2D eigenvalue weighted by Crippen LogP contribution is 2.47. The number of aliphatic carboxylic acids is 1. The van der Waals surface area contributed by atoms with Crippen LogP contribution in [-0.2, 0) is 24.8 Å². The van der Waals surface area contributed by atoms with Crippen molar-refractivity contribution in [2.75, 3.05) is 14.2 Å². The smallest absolute Gasteiger partial charge is 0.480 e. The molecule has 0 spiro atoms. The molecule has 106 valence electrons. The van der Waals surface area contributed by atoms with Crippen LogP contribution in [0.4, 0.5) is 0 Å². The largest absolute Gasteiger partial charge is 0.529 e. The third-order valence-electron chi connectivity index (χ3n) is 2.36. The minimum absolute atomic E-state index is 0.196. The first-order chi connectivity index (χ1) is 8.90. The van der Waals surface area contributed by atoms with Crippen molar-refractivity contribution in [3.05, 3.63) is 29.8 Å². The standard InChI is InChI=1S/C11H16NO6P/c1-16-19(15,17-2)18-9-5-3-8(4-6-9)7-10(12)11(13)14/h3-6,10H,7,12H2,1-2H3,(H,13,14)/t10-/m1/s1. The molecule has 0 saturated heterocycles. The Morgan fingerprint density at radius 3 is 2.26 bits per heavy atom. The van der Waals surface area contributed by atoms with Crippen LogP contribution < -0.4 is 10.3 Å². The molecule has 0 aliphatic heterocycles. The van der Waals surface area contributed by atoms with E-state index in [0.29, 0.717) is 5.75 Å². The number of phosphoric acid groups is 1. The Labute approximate surface area is 110 Å². The Kier molecular flexibility index (Phi) is 5.50. The molecule has 0 heterocycles. The number of rotatable bonds is 7. The van der Waals surface area contributed by atoms with E-state index in [1.54, 1.807) is 12.1 Å². The van der Waals surface area contributed by atoms with E-state index in [1.807, 2.05) is 0 Å². The van der Waals surface area contributed by atoms with E-state index in [4.69, 9.17) is 15.4 Å². The molecule has 19 heavy (non-hydrogen) atoms. The lowest BCUT2D eigenvalue weighted by atomic mass is 10.1. The third-order valence-corrected chi connectivity index (χ3v) is 3.69. The van der Waals surface area contributed by atoms with Gasteiger partial charge in [-0.25, -0.2) is 4.57 Å². The summed E-state index contributed by atoms with van der Waals surface area (Å²) >= 11 is 0. The molecule has 8 heteroatoms. The molecular weight excluding hydrogens is 273 g/mol. The van der Waals surface area contributed by atoms with Crippen LogP contribution in [0.2, 0.25) is 0 Å². The van der Waals surface area contributed by atoms with E-state index in [0.717, 1.165) is 5.56 Å². The van der Waals surface area contributed by atoms with Crippen LogP contribution >= 0.6 is 7.82 Å². The Bertz CT molecular complexity index is 467. The van der Waals surface area contributed by atoms with Crippen molar-refractivity contribution in [1.29, 1.82) is 0 Å². The van der Waals surface area contributed by atoms with Gasteiger partial charge in [0.05, 0.1) is 0 Å². The van der Waals surface area contributed by atoms with Crippen molar-refractivity contribution in [2.45, 2.75) is 12.5 Å². The highest BCUT2D eigenvalue weighted by molar-refractivity contribution is 7.48. The molecule has 0 fully saturated rings. The molecule has 0 unspecified atom stereocenters. The molecule has 1 rings (SSSR count). The Hall–Kier alpha value is -1.40. The molecule has 0 saturated carbocycles. The number of nitrogens with two attached hydrogens (primary N) is 1. The minimum atomic E-state index is -3.58. The van der Waals surface area contributed by atoms with E-state index in [-0.39, 0.29) is 6.42 Å². The fourth-order valence-electron chi connectivity index (χ4n) is 1.31. The van der Waals surface area contributed by atoms with Gasteiger partial charge in [-0.1, -0.05) is 12.1 Å². The third kappa shape index (κ3) is 4.65. The second kappa shape index (κ2) is 6.68. The molecule has 1 aromatic carbocycles. The summed E-state index contributed by atoms with van der Waals surface area (Å²) in [6.45, 7) is 0. The van der Waals surface area contributed by atoms with Crippen LogP contribution in [0.3, 0.4) is 0 Å². The molecule has 0 radical (unpaired) electrons. The molecule has 3 N–H and O–H groups in total. The van der Waals surface area contributed by atoms with Crippen LogP contribution in [-0.4, -0.2) is 31.3 Å². The number of carbonyl (C=O) groups is 1. The van der Waals surface area contributed by atoms with Crippen molar-refractivity contribution in [3.8, 4) is 5.75 Å². The van der Waals surface area contributed by atoms with Gasteiger partial charge in [-0.15, -0.1) is 0 Å². The van der Waals surface area contributed by atoms with Crippen molar-refractivity contribution >= 4 is 13.8 Å². The predicted octanol–water partition coefficient (Wildman–Crippen LogP) is 1.42. The quantitative estimate of drug-likeness (QED) is 0.731. The van der Waals surface area contributed by atoms with Gasteiger partial charge in [-0.3, -0.25) is 13.8 Å². The normalized spacial score (nSPS) is 13.0. The summed E-state index contributed by atoms with van der Waals surface area (Å²) in [5.41, 5.74) is 6.14. The lowest BCUT2D eigenvalue weighted by Gasteiger charge is -2.14.